The summed E-state index contributed by atoms with van der Waals surface area (Å²) in [5.41, 5.74) is 1.64. The van der Waals surface area contributed by atoms with E-state index in [1.165, 1.54) is 18.4 Å². The fraction of sp³-hybridized carbons (Fsp3) is 0.647. The zero-order valence-electron chi connectivity index (χ0n) is 12.4. The quantitative estimate of drug-likeness (QED) is 0.928. The van der Waals surface area contributed by atoms with E-state index in [4.69, 9.17) is 21.4 Å². The molecule has 2 heterocycles. The number of ether oxygens (including phenoxy) is 1. The summed E-state index contributed by atoms with van der Waals surface area (Å²) in [5.74, 6) is 0. The van der Waals surface area contributed by atoms with Gasteiger partial charge in [0.25, 0.3) is 0 Å². The van der Waals surface area contributed by atoms with Gasteiger partial charge in [-0.15, -0.1) is 0 Å². The van der Waals surface area contributed by atoms with Crippen LogP contribution in [0.4, 0.5) is 0 Å². The number of hydrogen-bond acceptors (Lipinski definition) is 3. The van der Waals surface area contributed by atoms with Crippen LogP contribution >= 0.6 is 11.6 Å². The highest BCUT2D eigenvalue weighted by Gasteiger charge is 2.42. The first-order valence-corrected chi connectivity index (χ1v) is 8.26. The predicted octanol–water partition coefficient (Wildman–Crippen LogP) is 2.75. The largest absolute Gasteiger partial charge is 0.395 e. The molecule has 2 aliphatic rings. The summed E-state index contributed by atoms with van der Waals surface area (Å²) in [5, 5.41) is 9.83. The molecule has 0 aliphatic carbocycles. The molecular formula is C17H24ClNO2. The van der Waals surface area contributed by atoms with Crippen LogP contribution < -0.4 is 0 Å². The first-order valence-electron chi connectivity index (χ1n) is 7.88. The van der Waals surface area contributed by atoms with Crippen molar-refractivity contribution in [3.8, 4) is 0 Å². The minimum absolute atomic E-state index is 0.265. The Bertz CT molecular complexity index is 472. The standard InChI is InChI=1S/C17H24ClNO2/c18-15-3-1-2-14(10-15)11-16-12-17(13-21-16)4-6-19(7-5-17)8-9-20/h1-3,10,16,20H,4-9,11-13H2/t16-/m1/s1. The van der Waals surface area contributed by atoms with Crippen molar-refractivity contribution in [2.24, 2.45) is 5.41 Å². The molecule has 1 aromatic rings. The van der Waals surface area contributed by atoms with Crippen LogP contribution in [-0.4, -0.2) is 49.0 Å². The maximum absolute atomic E-state index is 9.03. The zero-order valence-corrected chi connectivity index (χ0v) is 13.2. The second-order valence-electron chi connectivity index (χ2n) is 6.54. The average molecular weight is 310 g/mol. The number of aliphatic hydroxyl groups is 1. The van der Waals surface area contributed by atoms with Gasteiger partial charge in [0.05, 0.1) is 19.3 Å². The van der Waals surface area contributed by atoms with Crippen LogP contribution in [0.3, 0.4) is 0 Å². The van der Waals surface area contributed by atoms with Gasteiger partial charge in [0.15, 0.2) is 0 Å². The molecule has 1 atom stereocenters. The number of piperidine rings is 1. The Morgan fingerprint density at radius 2 is 2.14 bits per heavy atom. The van der Waals surface area contributed by atoms with Crippen molar-refractivity contribution in [2.75, 3.05) is 32.8 Å². The third kappa shape index (κ3) is 3.78. The molecule has 1 aromatic carbocycles. The molecule has 116 valence electrons. The number of β-amino-alcohol motifs (C(OH)–C–C–N with tert-alkyl or cyclic N) is 1. The zero-order chi connectivity index (χ0) is 14.7. The summed E-state index contributed by atoms with van der Waals surface area (Å²) >= 11 is 6.05. The Labute approximate surface area is 131 Å². The van der Waals surface area contributed by atoms with Gasteiger partial charge in [-0.2, -0.15) is 0 Å². The molecule has 0 aromatic heterocycles. The molecule has 0 amide bonds. The van der Waals surface area contributed by atoms with E-state index in [0.717, 1.165) is 44.1 Å². The maximum atomic E-state index is 9.03. The summed E-state index contributed by atoms with van der Waals surface area (Å²) in [4.78, 5) is 2.36. The number of halogens is 1. The van der Waals surface area contributed by atoms with E-state index in [2.05, 4.69) is 11.0 Å². The minimum atomic E-state index is 0.265. The molecule has 0 saturated carbocycles. The molecule has 1 N–H and O–H groups in total. The number of hydrogen-bond donors (Lipinski definition) is 1. The molecule has 1 spiro atoms. The van der Waals surface area contributed by atoms with Crippen LogP contribution in [0.25, 0.3) is 0 Å². The second kappa shape index (κ2) is 6.66. The molecule has 0 bridgehead atoms. The van der Waals surface area contributed by atoms with E-state index >= 15 is 0 Å². The molecule has 2 saturated heterocycles. The Kier molecular flexibility index (Phi) is 4.85. The van der Waals surface area contributed by atoms with E-state index in [0.29, 0.717) is 11.5 Å². The molecular weight excluding hydrogens is 286 g/mol. The summed E-state index contributed by atoms with van der Waals surface area (Å²) in [6.07, 6.45) is 4.83. The van der Waals surface area contributed by atoms with Gasteiger partial charge in [0.2, 0.25) is 0 Å². The number of likely N-dealkylation sites (tertiary alicyclic amines) is 1. The van der Waals surface area contributed by atoms with Crippen LogP contribution in [0, 0.1) is 5.41 Å². The lowest BCUT2D eigenvalue weighted by molar-refractivity contribution is 0.0600. The van der Waals surface area contributed by atoms with E-state index in [1.807, 2.05) is 18.2 Å². The first-order chi connectivity index (χ1) is 10.2. The van der Waals surface area contributed by atoms with Crippen LogP contribution in [0.1, 0.15) is 24.8 Å². The topological polar surface area (TPSA) is 32.7 Å². The fourth-order valence-corrected chi connectivity index (χ4v) is 3.91. The molecule has 3 nitrogen and oxygen atoms in total. The monoisotopic (exact) mass is 309 g/mol. The highest BCUT2D eigenvalue weighted by molar-refractivity contribution is 6.30. The van der Waals surface area contributed by atoms with Gasteiger partial charge in [-0.25, -0.2) is 0 Å². The Balaban J connectivity index is 1.54. The van der Waals surface area contributed by atoms with E-state index in [-0.39, 0.29) is 6.61 Å². The lowest BCUT2D eigenvalue weighted by atomic mass is 9.76. The SMILES string of the molecule is OCCN1CCC2(CC1)CO[C@H](Cc1cccc(Cl)c1)C2. The molecule has 0 unspecified atom stereocenters. The smallest absolute Gasteiger partial charge is 0.0621 e. The van der Waals surface area contributed by atoms with Gasteiger partial charge < -0.3 is 14.7 Å². The number of benzene rings is 1. The van der Waals surface area contributed by atoms with Gasteiger partial charge in [-0.05, 0) is 61.9 Å². The molecule has 0 radical (unpaired) electrons. The summed E-state index contributed by atoms with van der Waals surface area (Å²) in [6, 6.07) is 8.10. The van der Waals surface area contributed by atoms with Crippen LogP contribution in [0.2, 0.25) is 5.02 Å². The average Bonchev–Trinajstić information content (AvgIpc) is 2.85. The second-order valence-corrected chi connectivity index (χ2v) is 6.97. The van der Waals surface area contributed by atoms with Gasteiger partial charge in [-0.3, -0.25) is 0 Å². The summed E-state index contributed by atoms with van der Waals surface area (Å²) in [7, 11) is 0. The highest BCUT2D eigenvalue weighted by Crippen LogP contribution is 2.42. The van der Waals surface area contributed by atoms with Crippen molar-refractivity contribution in [3.63, 3.8) is 0 Å². The van der Waals surface area contributed by atoms with Gasteiger partial charge >= 0.3 is 0 Å². The van der Waals surface area contributed by atoms with Crippen molar-refractivity contribution < 1.29 is 9.84 Å². The van der Waals surface area contributed by atoms with Crippen LogP contribution in [0.5, 0.6) is 0 Å². The fourth-order valence-electron chi connectivity index (χ4n) is 3.69. The van der Waals surface area contributed by atoms with Crippen molar-refractivity contribution in [2.45, 2.75) is 31.8 Å². The van der Waals surface area contributed by atoms with E-state index < -0.39 is 0 Å². The molecule has 21 heavy (non-hydrogen) atoms. The summed E-state index contributed by atoms with van der Waals surface area (Å²) < 4.78 is 6.07. The first kappa shape index (κ1) is 15.3. The van der Waals surface area contributed by atoms with Crippen molar-refractivity contribution >= 4 is 11.6 Å². The van der Waals surface area contributed by atoms with E-state index in [1.54, 1.807) is 0 Å². The van der Waals surface area contributed by atoms with Crippen LogP contribution in [-0.2, 0) is 11.2 Å². The molecule has 2 aliphatic heterocycles. The van der Waals surface area contributed by atoms with Crippen LogP contribution in [0.15, 0.2) is 24.3 Å². The van der Waals surface area contributed by atoms with Crippen molar-refractivity contribution in [1.82, 2.24) is 4.90 Å². The number of nitrogens with zero attached hydrogens (tertiary/aromatic N) is 1. The highest BCUT2D eigenvalue weighted by atomic mass is 35.5. The van der Waals surface area contributed by atoms with Crippen molar-refractivity contribution in [3.05, 3.63) is 34.9 Å². The third-order valence-corrected chi connectivity index (χ3v) is 5.21. The Hall–Kier alpha value is -0.610. The number of aliphatic hydroxyl groups excluding tert-OH is 1. The van der Waals surface area contributed by atoms with Gasteiger partial charge in [-0.1, -0.05) is 23.7 Å². The number of rotatable bonds is 4. The van der Waals surface area contributed by atoms with Crippen molar-refractivity contribution in [1.29, 1.82) is 0 Å². The van der Waals surface area contributed by atoms with Gasteiger partial charge in [0, 0.05) is 11.6 Å². The molecule has 2 fully saturated rings. The minimum Gasteiger partial charge on any atom is -0.395 e. The normalized spacial score (nSPS) is 25.5. The maximum Gasteiger partial charge on any atom is 0.0621 e. The molecule has 4 heteroatoms. The lowest BCUT2D eigenvalue weighted by Crippen LogP contribution is -2.41. The lowest BCUT2D eigenvalue weighted by Gasteiger charge is -2.38. The third-order valence-electron chi connectivity index (χ3n) is 4.97. The summed E-state index contributed by atoms with van der Waals surface area (Å²) in [6.45, 7) is 4.15. The van der Waals surface area contributed by atoms with E-state index in [9.17, 15) is 0 Å². The Morgan fingerprint density at radius 3 is 2.86 bits per heavy atom. The predicted molar refractivity (Wildman–Crippen MR) is 84.7 cm³/mol. The van der Waals surface area contributed by atoms with Gasteiger partial charge in [0.1, 0.15) is 0 Å². The Morgan fingerprint density at radius 1 is 1.33 bits per heavy atom. The molecule has 3 rings (SSSR count).